The van der Waals surface area contributed by atoms with Gasteiger partial charge in [-0.1, -0.05) is 78.2 Å². The monoisotopic (exact) mass is 469 g/mol. The van der Waals surface area contributed by atoms with Crippen molar-refractivity contribution in [2.75, 3.05) is 6.54 Å². The minimum absolute atomic E-state index is 0.0574. The van der Waals surface area contributed by atoms with Crippen molar-refractivity contribution in [3.8, 4) is 0 Å². The van der Waals surface area contributed by atoms with Crippen molar-refractivity contribution in [3.63, 3.8) is 0 Å². The maximum Gasteiger partial charge on any atom is 0.143 e. The number of hydrogen-bond acceptors (Lipinski definition) is 2. The Morgan fingerprint density at radius 3 is 2.44 bits per heavy atom. The van der Waals surface area contributed by atoms with E-state index in [-0.39, 0.29) is 10.8 Å². The molecule has 0 aromatic rings. The van der Waals surface area contributed by atoms with Crippen molar-refractivity contribution < 1.29 is 4.79 Å². The van der Waals surface area contributed by atoms with E-state index >= 15 is 0 Å². The van der Waals surface area contributed by atoms with Crippen LogP contribution in [0.15, 0.2) is 35.5 Å². The molecule has 2 heteroatoms. The fourth-order valence-electron chi connectivity index (χ4n) is 5.99. The van der Waals surface area contributed by atoms with Crippen LogP contribution in [-0.2, 0) is 4.79 Å². The van der Waals surface area contributed by atoms with E-state index < -0.39 is 0 Å². The van der Waals surface area contributed by atoms with E-state index in [0.717, 1.165) is 44.1 Å². The molecule has 2 rings (SSSR count). The first-order chi connectivity index (χ1) is 15.9. The molecule has 1 N–H and O–H groups in total. The largest absolute Gasteiger partial charge is 0.314 e. The summed E-state index contributed by atoms with van der Waals surface area (Å²) >= 11 is 0. The van der Waals surface area contributed by atoms with E-state index in [0.29, 0.717) is 24.2 Å². The Kier molecular flexibility index (Phi) is 10.9. The van der Waals surface area contributed by atoms with Gasteiger partial charge in [-0.3, -0.25) is 4.79 Å². The number of Topliss-reactive ketones (excluding diaryl/α,β-unsaturated/α-hetero) is 1. The molecule has 1 unspecified atom stereocenters. The second-order valence-electron chi connectivity index (χ2n) is 13.0. The molecule has 1 saturated carbocycles. The van der Waals surface area contributed by atoms with Gasteiger partial charge in [-0.2, -0.15) is 0 Å². The van der Waals surface area contributed by atoms with E-state index in [1.165, 1.54) is 48.8 Å². The van der Waals surface area contributed by atoms with Gasteiger partial charge >= 0.3 is 0 Å². The van der Waals surface area contributed by atoms with Gasteiger partial charge in [0.1, 0.15) is 5.78 Å². The third kappa shape index (κ3) is 8.51. The topological polar surface area (TPSA) is 29.1 Å². The van der Waals surface area contributed by atoms with Crippen LogP contribution in [0, 0.1) is 28.6 Å². The summed E-state index contributed by atoms with van der Waals surface area (Å²) in [4.78, 5) is 13.6. The highest BCUT2D eigenvalue weighted by Gasteiger charge is 2.45. The van der Waals surface area contributed by atoms with Crippen molar-refractivity contribution in [3.05, 3.63) is 35.5 Å². The van der Waals surface area contributed by atoms with Gasteiger partial charge < -0.3 is 5.32 Å². The molecule has 0 aromatic heterocycles. The summed E-state index contributed by atoms with van der Waals surface area (Å²) in [6, 6.07) is 0.470. The normalized spacial score (nSPS) is 28.9. The molecule has 2 nitrogen and oxygen atoms in total. The van der Waals surface area contributed by atoms with Crippen LogP contribution in [0.3, 0.4) is 0 Å². The van der Waals surface area contributed by atoms with Crippen LogP contribution in [0.25, 0.3) is 0 Å². The molecule has 1 fully saturated rings. The molecule has 2 aliphatic rings. The van der Waals surface area contributed by atoms with Gasteiger partial charge in [-0.05, 0) is 100 Å². The lowest BCUT2D eigenvalue weighted by atomic mass is 9.73. The molecule has 0 bridgehead atoms. The number of nitrogens with one attached hydrogen (secondary N) is 1. The Balaban J connectivity index is 2.06. The molecule has 0 aliphatic heterocycles. The molecule has 0 radical (unpaired) electrons. The molecule has 2 aliphatic carbocycles. The van der Waals surface area contributed by atoms with Gasteiger partial charge in [0.25, 0.3) is 0 Å². The number of carbonyl (C=O) groups excluding carboxylic acids is 1. The summed E-state index contributed by atoms with van der Waals surface area (Å²) in [7, 11) is 0. The summed E-state index contributed by atoms with van der Waals surface area (Å²) in [5.74, 6) is 2.77. The second-order valence-corrected chi connectivity index (χ2v) is 13.0. The standard InChI is InChI=1S/C32H55NO/c1-10-24(4)21-33-26(6)12-11-13-30(34)32(9)22-31(7,8)20-29(32)19-28(23(2)3)18-27-16-14-25(5)15-17-27/h19-20,24-27,33H,2,10-18,21-22H2,1,3-9H3/b28-19-/t24-,25?,26+,27?,32?/m0/s1. The lowest BCUT2D eigenvalue weighted by molar-refractivity contribution is -0.126. The minimum atomic E-state index is -0.376. The lowest BCUT2D eigenvalue weighted by Crippen LogP contribution is -2.31. The van der Waals surface area contributed by atoms with E-state index in [4.69, 9.17) is 0 Å². The number of carbonyl (C=O) groups is 1. The Morgan fingerprint density at radius 2 is 1.85 bits per heavy atom. The van der Waals surface area contributed by atoms with Gasteiger partial charge in [0.15, 0.2) is 0 Å². The molecular formula is C32H55NO. The van der Waals surface area contributed by atoms with Crippen molar-refractivity contribution in [2.45, 2.75) is 126 Å². The maximum atomic E-state index is 13.6. The first kappa shape index (κ1) is 29.1. The summed E-state index contributed by atoms with van der Waals surface area (Å²) in [6.45, 7) is 23.5. The number of allylic oxidation sites excluding steroid dienone is 5. The smallest absolute Gasteiger partial charge is 0.143 e. The first-order valence-electron chi connectivity index (χ1n) is 14.2. The molecule has 34 heavy (non-hydrogen) atoms. The number of hydrogen-bond donors (Lipinski definition) is 1. The predicted octanol–water partition coefficient (Wildman–Crippen LogP) is 8.83. The van der Waals surface area contributed by atoms with E-state index in [9.17, 15) is 4.79 Å². The van der Waals surface area contributed by atoms with Crippen molar-refractivity contribution >= 4 is 5.78 Å². The average molecular weight is 470 g/mol. The van der Waals surface area contributed by atoms with Gasteiger partial charge in [0.05, 0.1) is 5.41 Å². The van der Waals surface area contributed by atoms with Gasteiger partial charge in [0, 0.05) is 12.5 Å². The fraction of sp³-hybridized carbons (Fsp3) is 0.781. The molecule has 194 valence electrons. The van der Waals surface area contributed by atoms with E-state index in [1.54, 1.807) is 0 Å². The van der Waals surface area contributed by atoms with E-state index in [2.05, 4.69) is 79.4 Å². The Hall–Kier alpha value is -1.15. The highest BCUT2D eigenvalue weighted by atomic mass is 16.1. The SMILES string of the molecule is C=C(C)/C(=C\C1=CC(C)(C)CC1(C)C(=O)CCC[C@@H](C)NC[C@@H](C)CC)CC1CCC(C)CC1. The zero-order chi connectivity index (χ0) is 25.5. The zero-order valence-electron chi connectivity index (χ0n) is 23.9. The third-order valence-corrected chi connectivity index (χ3v) is 8.68. The molecular weight excluding hydrogens is 414 g/mol. The predicted molar refractivity (Wildman–Crippen MR) is 149 cm³/mol. The van der Waals surface area contributed by atoms with Crippen LogP contribution in [0.5, 0.6) is 0 Å². The van der Waals surface area contributed by atoms with Gasteiger partial charge in [-0.25, -0.2) is 0 Å². The van der Waals surface area contributed by atoms with Crippen LogP contribution >= 0.6 is 0 Å². The lowest BCUT2D eigenvalue weighted by Gasteiger charge is -2.30. The molecule has 0 aromatic carbocycles. The van der Waals surface area contributed by atoms with Crippen molar-refractivity contribution in [2.24, 2.45) is 28.6 Å². The van der Waals surface area contributed by atoms with Gasteiger partial charge in [-0.15, -0.1) is 0 Å². The minimum Gasteiger partial charge on any atom is -0.314 e. The molecule has 0 heterocycles. The highest BCUT2D eigenvalue weighted by Crippen LogP contribution is 2.50. The molecule has 0 saturated heterocycles. The first-order valence-corrected chi connectivity index (χ1v) is 14.2. The molecule has 0 spiro atoms. The number of rotatable bonds is 13. The van der Waals surface area contributed by atoms with Crippen molar-refractivity contribution in [1.29, 1.82) is 0 Å². The fourth-order valence-corrected chi connectivity index (χ4v) is 5.99. The molecule has 0 amide bonds. The van der Waals surface area contributed by atoms with Crippen molar-refractivity contribution in [1.82, 2.24) is 5.32 Å². The Morgan fingerprint density at radius 1 is 1.21 bits per heavy atom. The van der Waals surface area contributed by atoms with Crippen LogP contribution < -0.4 is 5.32 Å². The van der Waals surface area contributed by atoms with Crippen LogP contribution in [-0.4, -0.2) is 18.4 Å². The van der Waals surface area contributed by atoms with Crippen LogP contribution in [0.2, 0.25) is 0 Å². The summed E-state index contributed by atoms with van der Waals surface area (Å²) in [5.41, 5.74) is 3.46. The summed E-state index contributed by atoms with van der Waals surface area (Å²) in [6.07, 6.45) is 16.1. The van der Waals surface area contributed by atoms with Crippen LogP contribution in [0.4, 0.5) is 0 Å². The summed E-state index contributed by atoms with van der Waals surface area (Å²) in [5, 5.41) is 3.65. The maximum absolute atomic E-state index is 13.6. The quantitative estimate of drug-likeness (QED) is 0.273. The number of ketones is 1. The zero-order valence-corrected chi connectivity index (χ0v) is 23.9. The average Bonchev–Trinajstić information content (AvgIpc) is 3.01. The highest BCUT2D eigenvalue weighted by molar-refractivity contribution is 5.89. The summed E-state index contributed by atoms with van der Waals surface area (Å²) < 4.78 is 0. The Labute approximate surface area is 212 Å². The van der Waals surface area contributed by atoms with Crippen LogP contribution in [0.1, 0.15) is 120 Å². The second kappa shape index (κ2) is 12.7. The Bertz CT molecular complexity index is 749. The van der Waals surface area contributed by atoms with Gasteiger partial charge in [0.2, 0.25) is 0 Å². The molecule has 3 atom stereocenters. The van der Waals surface area contributed by atoms with E-state index in [1.807, 2.05) is 0 Å². The third-order valence-electron chi connectivity index (χ3n) is 8.68.